The van der Waals surface area contributed by atoms with Crippen LogP contribution in [0.1, 0.15) is 24.6 Å². The van der Waals surface area contributed by atoms with Gasteiger partial charge >= 0.3 is 0 Å². The van der Waals surface area contributed by atoms with Gasteiger partial charge in [-0.05, 0) is 19.8 Å². The Labute approximate surface area is 112 Å². The van der Waals surface area contributed by atoms with E-state index in [1.54, 1.807) is 6.92 Å². The molecule has 1 aliphatic heterocycles. The molecule has 0 bridgehead atoms. The summed E-state index contributed by atoms with van der Waals surface area (Å²) in [4.78, 5) is 4.05. The standard InChI is InChI=1S/C12H21N3O4/c1-9-14-12(19-15-9)6-13-5-10(16)7-17-8-11-3-2-4-18-11/h10-11,13,16H,2-8H2,1H3. The fraction of sp³-hybridized carbons (Fsp3) is 0.833. The molecule has 0 saturated carbocycles. The van der Waals surface area contributed by atoms with Crippen molar-refractivity contribution in [3.05, 3.63) is 11.7 Å². The first-order chi connectivity index (χ1) is 9.24. The first-order valence-corrected chi connectivity index (χ1v) is 6.61. The predicted octanol–water partition coefficient (Wildman–Crippen LogP) is 0.0241. The number of aliphatic hydroxyl groups is 1. The van der Waals surface area contributed by atoms with Gasteiger partial charge in [0.25, 0.3) is 0 Å². The summed E-state index contributed by atoms with van der Waals surface area (Å²) in [6.45, 7) is 4.31. The van der Waals surface area contributed by atoms with E-state index < -0.39 is 6.10 Å². The molecule has 2 unspecified atom stereocenters. The Bertz CT molecular complexity index is 366. The van der Waals surface area contributed by atoms with Gasteiger partial charge in [0, 0.05) is 13.2 Å². The van der Waals surface area contributed by atoms with Crippen molar-refractivity contribution < 1.29 is 19.1 Å². The molecule has 1 saturated heterocycles. The van der Waals surface area contributed by atoms with Gasteiger partial charge in [0.1, 0.15) is 0 Å². The van der Waals surface area contributed by atoms with Gasteiger partial charge in [-0.3, -0.25) is 0 Å². The summed E-state index contributed by atoms with van der Waals surface area (Å²) in [5.41, 5.74) is 0. The minimum atomic E-state index is -0.551. The van der Waals surface area contributed by atoms with Crippen LogP contribution in [0.15, 0.2) is 4.52 Å². The number of aliphatic hydroxyl groups excluding tert-OH is 1. The monoisotopic (exact) mass is 271 g/mol. The van der Waals surface area contributed by atoms with Crippen LogP contribution < -0.4 is 5.32 Å². The molecule has 0 aliphatic carbocycles. The Morgan fingerprint density at radius 2 is 2.47 bits per heavy atom. The molecule has 2 N–H and O–H groups in total. The van der Waals surface area contributed by atoms with Crippen molar-refractivity contribution in [2.24, 2.45) is 0 Å². The lowest BCUT2D eigenvalue weighted by molar-refractivity contribution is -0.0165. The van der Waals surface area contributed by atoms with Crippen LogP contribution in [0.3, 0.4) is 0 Å². The van der Waals surface area contributed by atoms with Gasteiger partial charge in [-0.25, -0.2) is 0 Å². The SMILES string of the molecule is Cc1noc(CNCC(O)COCC2CCCO2)n1. The summed E-state index contributed by atoms with van der Waals surface area (Å²) in [5, 5.41) is 16.4. The van der Waals surface area contributed by atoms with Crippen LogP contribution in [0.25, 0.3) is 0 Å². The number of aromatic nitrogens is 2. The maximum absolute atomic E-state index is 9.71. The van der Waals surface area contributed by atoms with Crippen molar-refractivity contribution in [3.8, 4) is 0 Å². The van der Waals surface area contributed by atoms with Gasteiger partial charge in [0.2, 0.25) is 5.89 Å². The van der Waals surface area contributed by atoms with Gasteiger partial charge in [-0.2, -0.15) is 4.98 Å². The lowest BCUT2D eigenvalue weighted by Gasteiger charge is -2.14. The number of rotatable bonds is 8. The molecule has 2 rings (SSSR count). The van der Waals surface area contributed by atoms with Crippen LogP contribution in [0, 0.1) is 6.92 Å². The molecular weight excluding hydrogens is 250 g/mol. The Morgan fingerprint density at radius 3 is 3.16 bits per heavy atom. The Balaban J connectivity index is 1.50. The Morgan fingerprint density at radius 1 is 1.58 bits per heavy atom. The first kappa shape index (κ1) is 14.4. The lowest BCUT2D eigenvalue weighted by atomic mass is 10.2. The lowest BCUT2D eigenvalue weighted by Crippen LogP contribution is -2.31. The Hall–Kier alpha value is -1.02. The van der Waals surface area contributed by atoms with Crippen LogP contribution in [-0.4, -0.2) is 53.8 Å². The molecule has 1 aromatic heterocycles. The predicted molar refractivity (Wildman–Crippen MR) is 66.5 cm³/mol. The number of nitrogens with zero attached hydrogens (tertiary/aromatic N) is 2. The van der Waals surface area contributed by atoms with E-state index >= 15 is 0 Å². The second-order valence-electron chi connectivity index (χ2n) is 4.69. The maximum Gasteiger partial charge on any atom is 0.240 e. The quantitative estimate of drug-likeness (QED) is 0.689. The second kappa shape index (κ2) is 7.54. The summed E-state index contributed by atoms with van der Waals surface area (Å²) < 4.78 is 15.8. The van der Waals surface area contributed by atoms with E-state index in [2.05, 4.69) is 15.5 Å². The van der Waals surface area contributed by atoms with E-state index in [1.165, 1.54) is 0 Å². The molecule has 1 fully saturated rings. The van der Waals surface area contributed by atoms with Crippen molar-refractivity contribution in [3.63, 3.8) is 0 Å². The van der Waals surface area contributed by atoms with Crippen molar-refractivity contribution in [1.29, 1.82) is 0 Å². The van der Waals surface area contributed by atoms with Gasteiger partial charge in [-0.15, -0.1) is 0 Å². The molecule has 19 heavy (non-hydrogen) atoms. The highest BCUT2D eigenvalue weighted by Crippen LogP contribution is 2.11. The van der Waals surface area contributed by atoms with E-state index in [-0.39, 0.29) is 6.10 Å². The molecule has 0 radical (unpaired) electrons. The third-order valence-electron chi connectivity index (χ3n) is 2.86. The number of nitrogens with one attached hydrogen (secondary N) is 1. The highest BCUT2D eigenvalue weighted by Gasteiger charge is 2.16. The van der Waals surface area contributed by atoms with E-state index in [0.717, 1.165) is 19.4 Å². The number of ether oxygens (including phenoxy) is 2. The average Bonchev–Trinajstić information content (AvgIpc) is 3.01. The Kier molecular flexibility index (Phi) is 5.71. The normalized spacial score (nSPS) is 20.8. The van der Waals surface area contributed by atoms with Gasteiger partial charge < -0.3 is 24.4 Å². The molecule has 1 aromatic rings. The van der Waals surface area contributed by atoms with Gasteiger partial charge in [-0.1, -0.05) is 5.16 Å². The summed E-state index contributed by atoms with van der Waals surface area (Å²) >= 11 is 0. The topological polar surface area (TPSA) is 89.6 Å². The zero-order valence-electron chi connectivity index (χ0n) is 11.2. The van der Waals surface area contributed by atoms with E-state index in [0.29, 0.717) is 38.0 Å². The highest BCUT2D eigenvalue weighted by molar-refractivity contribution is 4.82. The maximum atomic E-state index is 9.71. The van der Waals surface area contributed by atoms with Crippen LogP contribution in [0.5, 0.6) is 0 Å². The summed E-state index contributed by atoms with van der Waals surface area (Å²) in [5.74, 6) is 1.13. The van der Waals surface area contributed by atoms with Crippen LogP contribution in [0.4, 0.5) is 0 Å². The van der Waals surface area contributed by atoms with E-state index in [9.17, 15) is 5.11 Å². The number of hydrogen-bond acceptors (Lipinski definition) is 7. The fourth-order valence-electron chi connectivity index (χ4n) is 1.93. The molecule has 2 atom stereocenters. The molecule has 7 heteroatoms. The minimum absolute atomic E-state index is 0.196. The summed E-state index contributed by atoms with van der Waals surface area (Å²) in [6, 6.07) is 0. The molecule has 1 aliphatic rings. The number of hydrogen-bond donors (Lipinski definition) is 2. The zero-order chi connectivity index (χ0) is 13.5. The van der Waals surface area contributed by atoms with E-state index in [1.807, 2.05) is 0 Å². The van der Waals surface area contributed by atoms with Gasteiger partial charge in [0.05, 0.1) is 32.0 Å². The first-order valence-electron chi connectivity index (χ1n) is 6.61. The average molecular weight is 271 g/mol. The minimum Gasteiger partial charge on any atom is -0.389 e. The molecule has 0 amide bonds. The van der Waals surface area contributed by atoms with Crippen molar-refractivity contribution >= 4 is 0 Å². The highest BCUT2D eigenvalue weighted by atomic mass is 16.5. The van der Waals surface area contributed by atoms with Crippen LogP contribution in [-0.2, 0) is 16.0 Å². The van der Waals surface area contributed by atoms with E-state index in [4.69, 9.17) is 14.0 Å². The molecule has 7 nitrogen and oxygen atoms in total. The molecule has 108 valence electrons. The van der Waals surface area contributed by atoms with Crippen LogP contribution >= 0.6 is 0 Å². The third kappa shape index (κ3) is 5.23. The van der Waals surface area contributed by atoms with Crippen molar-refractivity contribution in [2.75, 3.05) is 26.4 Å². The molecule has 0 spiro atoms. The summed E-state index contributed by atoms with van der Waals surface area (Å²) in [7, 11) is 0. The number of aryl methyl sites for hydroxylation is 1. The smallest absolute Gasteiger partial charge is 0.240 e. The van der Waals surface area contributed by atoms with Crippen molar-refractivity contribution in [1.82, 2.24) is 15.5 Å². The molecular formula is C12H21N3O4. The third-order valence-corrected chi connectivity index (χ3v) is 2.86. The van der Waals surface area contributed by atoms with Crippen LogP contribution in [0.2, 0.25) is 0 Å². The van der Waals surface area contributed by atoms with Gasteiger partial charge in [0.15, 0.2) is 5.82 Å². The second-order valence-corrected chi connectivity index (χ2v) is 4.69. The molecule has 0 aromatic carbocycles. The zero-order valence-corrected chi connectivity index (χ0v) is 11.2. The largest absolute Gasteiger partial charge is 0.389 e. The summed E-state index contributed by atoms with van der Waals surface area (Å²) in [6.07, 6.45) is 1.79. The fourth-order valence-corrected chi connectivity index (χ4v) is 1.93. The van der Waals surface area contributed by atoms with Crippen molar-refractivity contribution in [2.45, 2.75) is 38.5 Å². The molecule has 2 heterocycles.